The van der Waals surface area contributed by atoms with Crippen LogP contribution in [0, 0.1) is 12.8 Å². The first-order valence-corrected chi connectivity index (χ1v) is 6.91. The summed E-state index contributed by atoms with van der Waals surface area (Å²) in [6.45, 7) is 2.97. The quantitative estimate of drug-likeness (QED) is 0.738. The lowest BCUT2D eigenvalue weighted by Gasteiger charge is -2.26. The lowest BCUT2D eigenvalue weighted by Crippen LogP contribution is -2.23. The number of nitrogens with two attached hydrogens (primary N) is 1. The molecule has 4 heteroatoms. The van der Waals surface area contributed by atoms with Gasteiger partial charge in [-0.3, -0.25) is 0 Å². The van der Waals surface area contributed by atoms with Crippen molar-refractivity contribution in [3.05, 3.63) is 22.7 Å². The van der Waals surface area contributed by atoms with Gasteiger partial charge in [-0.25, -0.2) is 0 Å². The zero-order chi connectivity index (χ0) is 13.1. The minimum atomic E-state index is -0.0889. The van der Waals surface area contributed by atoms with Crippen molar-refractivity contribution in [3.8, 4) is 0 Å². The summed E-state index contributed by atoms with van der Waals surface area (Å²) in [5, 5.41) is 13.5. The fourth-order valence-corrected chi connectivity index (χ4v) is 2.66. The molecular formula is C14H21ClN2O. The third-order valence-electron chi connectivity index (χ3n) is 3.74. The first-order chi connectivity index (χ1) is 8.56. The Kier molecular flexibility index (Phi) is 4.36. The number of aliphatic hydroxyl groups excluding tert-OH is 1. The summed E-state index contributed by atoms with van der Waals surface area (Å²) in [6.07, 6.45) is 3.95. The van der Waals surface area contributed by atoms with Gasteiger partial charge in [-0.1, -0.05) is 11.6 Å². The molecule has 1 aliphatic carbocycles. The van der Waals surface area contributed by atoms with E-state index in [2.05, 4.69) is 5.32 Å². The summed E-state index contributed by atoms with van der Waals surface area (Å²) in [7, 11) is 0. The number of aryl methyl sites for hydroxylation is 1. The molecule has 0 unspecified atom stereocenters. The average Bonchev–Trinajstić information content (AvgIpc) is 2.34. The Morgan fingerprint density at radius 2 is 2.00 bits per heavy atom. The third-order valence-corrected chi connectivity index (χ3v) is 4.07. The molecule has 0 spiro atoms. The highest BCUT2D eigenvalue weighted by molar-refractivity contribution is 6.33. The summed E-state index contributed by atoms with van der Waals surface area (Å²) in [5.74, 6) is 0.643. The number of anilines is 2. The number of halogens is 1. The molecule has 0 bridgehead atoms. The standard InChI is InChI=1S/C14H21ClN2O/c1-9-6-13(16)12(15)7-14(9)17-8-10-2-4-11(18)5-3-10/h6-7,10-11,17-18H,2-5,8,16H2,1H3. The van der Waals surface area contributed by atoms with Gasteiger partial charge in [0.1, 0.15) is 0 Å². The summed E-state index contributed by atoms with van der Waals surface area (Å²) >= 11 is 6.03. The molecule has 0 amide bonds. The van der Waals surface area contributed by atoms with Crippen LogP contribution in [0.2, 0.25) is 5.02 Å². The number of hydrogen-bond acceptors (Lipinski definition) is 3. The topological polar surface area (TPSA) is 58.3 Å². The van der Waals surface area contributed by atoms with Crippen LogP contribution < -0.4 is 11.1 Å². The van der Waals surface area contributed by atoms with Crippen molar-refractivity contribution in [2.24, 2.45) is 5.92 Å². The monoisotopic (exact) mass is 268 g/mol. The maximum absolute atomic E-state index is 9.47. The molecule has 100 valence electrons. The lowest BCUT2D eigenvalue weighted by molar-refractivity contribution is 0.111. The molecular weight excluding hydrogens is 248 g/mol. The molecule has 4 N–H and O–H groups in total. The summed E-state index contributed by atoms with van der Waals surface area (Å²) in [4.78, 5) is 0. The lowest BCUT2D eigenvalue weighted by atomic mass is 9.87. The van der Waals surface area contributed by atoms with E-state index in [-0.39, 0.29) is 6.10 Å². The fourth-order valence-electron chi connectivity index (χ4n) is 2.50. The van der Waals surface area contributed by atoms with Gasteiger partial charge in [-0.2, -0.15) is 0 Å². The maximum Gasteiger partial charge on any atom is 0.0656 e. The number of aliphatic hydroxyl groups is 1. The second-order valence-corrected chi connectivity index (χ2v) is 5.65. The van der Waals surface area contributed by atoms with Crippen molar-refractivity contribution < 1.29 is 5.11 Å². The Bertz CT molecular complexity index is 415. The van der Waals surface area contributed by atoms with E-state index in [4.69, 9.17) is 17.3 Å². The molecule has 3 nitrogen and oxygen atoms in total. The Morgan fingerprint density at radius 3 is 2.67 bits per heavy atom. The molecule has 1 fully saturated rings. The Balaban J connectivity index is 1.92. The predicted molar refractivity (Wildman–Crippen MR) is 77.1 cm³/mol. The van der Waals surface area contributed by atoms with E-state index in [1.165, 1.54) is 0 Å². The molecule has 0 saturated heterocycles. The van der Waals surface area contributed by atoms with E-state index in [1.54, 1.807) is 0 Å². The first-order valence-electron chi connectivity index (χ1n) is 6.54. The molecule has 18 heavy (non-hydrogen) atoms. The average molecular weight is 269 g/mol. The zero-order valence-electron chi connectivity index (χ0n) is 10.7. The fraction of sp³-hybridized carbons (Fsp3) is 0.571. The van der Waals surface area contributed by atoms with Crippen molar-refractivity contribution in [2.45, 2.75) is 38.7 Å². The van der Waals surface area contributed by atoms with E-state index in [0.29, 0.717) is 16.6 Å². The van der Waals surface area contributed by atoms with Gasteiger partial charge in [-0.05, 0) is 56.2 Å². The SMILES string of the molecule is Cc1cc(N)c(Cl)cc1NCC1CCC(O)CC1. The van der Waals surface area contributed by atoms with E-state index < -0.39 is 0 Å². The number of rotatable bonds is 3. The number of nitrogens with one attached hydrogen (secondary N) is 1. The van der Waals surface area contributed by atoms with Crippen molar-refractivity contribution in [1.82, 2.24) is 0 Å². The smallest absolute Gasteiger partial charge is 0.0656 e. The van der Waals surface area contributed by atoms with Crippen LogP contribution >= 0.6 is 11.6 Å². The summed E-state index contributed by atoms with van der Waals surface area (Å²) in [5.41, 5.74) is 8.56. The van der Waals surface area contributed by atoms with Gasteiger partial charge in [0.2, 0.25) is 0 Å². The van der Waals surface area contributed by atoms with Gasteiger partial charge in [0.05, 0.1) is 16.8 Å². The van der Waals surface area contributed by atoms with Crippen LogP contribution in [0.25, 0.3) is 0 Å². The number of hydrogen-bond donors (Lipinski definition) is 3. The molecule has 0 aliphatic heterocycles. The zero-order valence-corrected chi connectivity index (χ0v) is 11.5. The molecule has 1 aliphatic rings. The molecule has 0 radical (unpaired) electrons. The van der Waals surface area contributed by atoms with E-state index in [0.717, 1.165) is 43.5 Å². The molecule has 1 aromatic carbocycles. The van der Waals surface area contributed by atoms with Crippen molar-refractivity contribution in [2.75, 3.05) is 17.6 Å². The summed E-state index contributed by atoms with van der Waals surface area (Å²) < 4.78 is 0. The second-order valence-electron chi connectivity index (χ2n) is 5.24. The predicted octanol–water partition coefficient (Wildman–Crippen LogP) is 3.19. The molecule has 0 atom stereocenters. The van der Waals surface area contributed by atoms with Crippen molar-refractivity contribution in [1.29, 1.82) is 0 Å². The number of benzene rings is 1. The van der Waals surface area contributed by atoms with Crippen LogP contribution in [-0.4, -0.2) is 17.8 Å². The van der Waals surface area contributed by atoms with Crippen molar-refractivity contribution >= 4 is 23.0 Å². The van der Waals surface area contributed by atoms with Crippen LogP contribution in [0.4, 0.5) is 11.4 Å². The highest BCUT2D eigenvalue weighted by atomic mass is 35.5. The highest BCUT2D eigenvalue weighted by Gasteiger charge is 2.19. The number of nitrogen functional groups attached to an aromatic ring is 1. The van der Waals surface area contributed by atoms with Crippen LogP contribution in [-0.2, 0) is 0 Å². The molecule has 2 rings (SSSR count). The first kappa shape index (κ1) is 13.5. The summed E-state index contributed by atoms with van der Waals surface area (Å²) in [6, 6.07) is 3.79. The molecule has 0 heterocycles. The normalized spacial score (nSPS) is 23.9. The van der Waals surface area contributed by atoms with Crippen LogP contribution in [0.3, 0.4) is 0 Å². The van der Waals surface area contributed by atoms with Crippen molar-refractivity contribution in [3.63, 3.8) is 0 Å². The van der Waals surface area contributed by atoms with Gasteiger partial charge in [0, 0.05) is 12.2 Å². The van der Waals surface area contributed by atoms with Gasteiger partial charge in [0.15, 0.2) is 0 Å². The van der Waals surface area contributed by atoms with Gasteiger partial charge in [0.25, 0.3) is 0 Å². The Hall–Kier alpha value is -0.930. The van der Waals surface area contributed by atoms with Gasteiger partial charge < -0.3 is 16.2 Å². The minimum Gasteiger partial charge on any atom is -0.398 e. The Morgan fingerprint density at radius 1 is 1.33 bits per heavy atom. The third kappa shape index (κ3) is 3.30. The Labute approximate surface area is 113 Å². The highest BCUT2D eigenvalue weighted by Crippen LogP contribution is 2.28. The van der Waals surface area contributed by atoms with Crippen LogP contribution in [0.5, 0.6) is 0 Å². The maximum atomic E-state index is 9.47. The molecule has 1 saturated carbocycles. The van der Waals surface area contributed by atoms with Gasteiger partial charge in [-0.15, -0.1) is 0 Å². The van der Waals surface area contributed by atoms with E-state index in [1.807, 2.05) is 19.1 Å². The van der Waals surface area contributed by atoms with E-state index >= 15 is 0 Å². The van der Waals surface area contributed by atoms with Crippen LogP contribution in [0.1, 0.15) is 31.2 Å². The largest absolute Gasteiger partial charge is 0.398 e. The molecule has 1 aromatic rings. The molecule has 0 aromatic heterocycles. The second kappa shape index (κ2) is 5.81. The van der Waals surface area contributed by atoms with Gasteiger partial charge >= 0.3 is 0 Å². The minimum absolute atomic E-state index is 0.0889. The van der Waals surface area contributed by atoms with E-state index in [9.17, 15) is 5.11 Å². The van der Waals surface area contributed by atoms with Crippen LogP contribution in [0.15, 0.2) is 12.1 Å².